The van der Waals surface area contributed by atoms with Gasteiger partial charge in [0.15, 0.2) is 55.9 Å². The molecule has 12 saturated carbocycles. The van der Waals surface area contributed by atoms with Crippen LogP contribution in [0.25, 0.3) is 0 Å². The Hall–Kier alpha value is -5.99. The van der Waals surface area contributed by atoms with E-state index in [9.17, 15) is 80.6 Å². The van der Waals surface area contributed by atoms with Gasteiger partial charge in [0, 0.05) is 78.1 Å². The molecular formula is C96H119F14O13S3+3. The fraction of sp³-hybridized carbons (Fsp3) is 0.646. The Kier molecular flexibility index (Phi) is 29.4. The molecule has 4 heterocycles. The highest BCUT2D eigenvalue weighted by atomic mass is 32.2. The number of Topliss-reactive ketones (excluding diaryl/α,β-unsaturated/α-hetero) is 1. The maximum Gasteiger partial charge on any atom is 0.335 e. The van der Waals surface area contributed by atoms with Crippen molar-refractivity contribution in [2.45, 2.75) is 247 Å². The van der Waals surface area contributed by atoms with Crippen LogP contribution < -0.4 is 0 Å². The van der Waals surface area contributed by atoms with Gasteiger partial charge in [0.1, 0.15) is 55.2 Å². The quantitative estimate of drug-likeness (QED) is 0.0449. The van der Waals surface area contributed by atoms with E-state index in [0.29, 0.717) is 99.3 Å². The summed E-state index contributed by atoms with van der Waals surface area (Å²) in [6, 6.07) is 50.6. The lowest BCUT2D eigenvalue weighted by Gasteiger charge is -2.62. The first-order chi connectivity index (χ1) is 59.0. The Morgan fingerprint density at radius 2 is 0.619 bits per heavy atom. The second-order valence-electron chi connectivity index (χ2n) is 39.4. The van der Waals surface area contributed by atoms with Crippen LogP contribution in [0.15, 0.2) is 164 Å². The van der Waals surface area contributed by atoms with E-state index in [2.05, 4.69) is 181 Å². The van der Waals surface area contributed by atoms with E-state index in [1.165, 1.54) is 58.6 Å². The Morgan fingerprint density at radius 1 is 0.365 bits per heavy atom. The van der Waals surface area contributed by atoms with E-state index in [-0.39, 0.29) is 76.9 Å². The largest absolute Gasteiger partial charge is 0.459 e. The highest BCUT2D eigenvalue weighted by molar-refractivity contribution is 7.97. The molecule has 2 spiro atoms. The van der Waals surface area contributed by atoms with Crippen molar-refractivity contribution in [3.05, 3.63) is 151 Å². The van der Waals surface area contributed by atoms with Crippen LogP contribution in [0.1, 0.15) is 170 Å². The van der Waals surface area contributed by atoms with E-state index in [4.69, 9.17) is 42.6 Å². The molecule has 0 N–H and O–H groups in total. The number of halogens is 14. The molecule has 0 aromatic heterocycles. The third-order valence-corrected chi connectivity index (χ3v) is 34.0. The van der Waals surface area contributed by atoms with Crippen LogP contribution in [0.5, 0.6) is 0 Å². The number of benzene rings is 5. The van der Waals surface area contributed by atoms with Crippen LogP contribution in [-0.4, -0.2) is 172 Å². The molecule has 16 fully saturated rings. The van der Waals surface area contributed by atoms with Crippen molar-refractivity contribution in [3.63, 3.8) is 0 Å². The lowest BCUT2D eigenvalue weighted by atomic mass is 9.47. The van der Waals surface area contributed by atoms with Gasteiger partial charge in [-0.05, 0) is 197 Å². The first kappa shape index (κ1) is 97.5. The summed E-state index contributed by atoms with van der Waals surface area (Å²) in [6.45, 7) is 10.6. The number of alkyl halides is 14. The molecule has 12 bridgehead atoms. The topological polar surface area (TPSA) is 151 Å². The van der Waals surface area contributed by atoms with E-state index < -0.39 is 157 Å². The number of hydrogen-bond donors (Lipinski definition) is 0. The SMILES string of the molecule is CC(C)(C)c1ccc([S+]2CCOCC2)cc1.CC(C)(C)c1ccc([S+]2CCOCC2)cc1.CC(F)(F)COC(=O)C12CC3CC(C1)C(=O)C(C3)C2.CC(F)(F)COC(=O)C12CC3CC(C1)C1(OCC(F)(F)C(F)(F)CO1)C(C3)C2.CC(F)(F)COC(=O)C12CC3CC(C1)C1(OCC(F)(F)C(F)(F)CO1)C(C3)C2.c1ccc([S+](c2ccccc2)c2ccccc2)cc1. The van der Waals surface area contributed by atoms with Gasteiger partial charge in [-0.2, -0.15) is 35.1 Å². The molecular weight excluding hydrogens is 1720 g/mol. The van der Waals surface area contributed by atoms with Gasteiger partial charge in [-0.25, -0.2) is 26.3 Å². The van der Waals surface area contributed by atoms with E-state index >= 15 is 0 Å². The molecule has 126 heavy (non-hydrogen) atoms. The number of ketones is 1. The van der Waals surface area contributed by atoms with E-state index in [1.807, 2.05) is 0 Å². The normalized spacial score (nSPS) is 30.4. The maximum absolute atomic E-state index is 13.8. The fourth-order valence-corrected chi connectivity index (χ4v) is 27.3. The third-order valence-electron chi connectivity index (χ3n) is 27.2. The minimum Gasteiger partial charge on any atom is -0.459 e. The molecule has 6 atom stereocenters. The van der Waals surface area contributed by atoms with Gasteiger partial charge in [-0.1, -0.05) is 120 Å². The van der Waals surface area contributed by atoms with Crippen LogP contribution in [0.4, 0.5) is 61.5 Å². The molecule has 6 unspecified atom stereocenters. The summed E-state index contributed by atoms with van der Waals surface area (Å²) in [5.74, 6) is -28.6. The average Bonchev–Trinajstić information content (AvgIpc) is 1.14. The number of hydrogen-bond acceptors (Lipinski definition) is 13. The fourth-order valence-electron chi connectivity index (χ4n) is 21.5. The van der Waals surface area contributed by atoms with Crippen molar-refractivity contribution >= 4 is 56.4 Å². The molecule has 21 rings (SSSR count). The second kappa shape index (κ2) is 37.9. The van der Waals surface area contributed by atoms with Gasteiger partial charge in [0.25, 0.3) is 17.8 Å². The van der Waals surface area contributed by atoms with Crippen molar-refractivity contribution in [1.29, 1.82) is 0 Å². The van der Waals surface area contributed by atoms with Crippen molar-refractivity contribution in [1.82, 2.24) is 0 Å². The predicted octanol–water partition coefficient (Wildman–Crippen LogP) is 21.4. The zero-order valence-electron chi connectivity index (χ0n) is 73.0. The summed E-state index contributed by atoms with van der Waals surface area (Å²) >= 11 is 0. The summed E-state index contributed by atoms with van der Waals surface area (Å²) in [6.07, 6.45) is 6.86. The van der Waals surface area contributed by atoms with Gasteiger partial charge in [-0.15, -0.1) is 0 Å². The minimum atomic E-state index is -4.35. The number of carbonyl (C=O) groups excluding carboxylic acids is 4. The van der Waals surface area contributed by atoms with Crippen molar-refractivity contribution in [2.75, 3.05) is 95.7 Å². The molecule has 16 aliphatic rings. The van der Waals surface area contributed by atoms with E-state index in [1.54, 1.807) is 0 Å². The van der Waals surface area contributed by atoms with Gasteiger partial charge in [0.05, 0.1) is 53.6 Å². The standard InChI is InChI=1S/2C18H22F6O4.C18H15S.C14H18F2O3.2C14H21OS/c2*1-14(19,20)7-26-13(25)15-4-10-2-11(5-15)18(12(3-10)6-15)27-8-16(21,22)17(23,24)9-28-18;1-4-10-16(11-5-1)19(17-12-6-2-7-13-17)18-14-8-3-9-15-18;1-13(15,16)7-19-12(18)14-4-8-2-9(5-14)11(17)10(3-8)6-14;2*1-14(2,3)12-4-6-13(7-5-12)16-10-8-15-9-11-16/h2*10-12H,2-9H2,1H3;1-15H;8-10H,2-7H2,1H3;2*4-7H,8-11H2,1-3H3/q;;+1;;2*+1. The van der Waals surface area contributed by atoms with Gasteiger partial charge >= 0.3 is 41.6 Å². The first-order valence-corrected chi connectivity index (χ1v) is 48.2. The van der Waals surface area contributed by atoms with Crippen LogP contribution in [0.2, 0.25) is 0 Å². The lowest BCUT2D eigenvalue weighted by Crippen LogP contribution is -2.65. The van der Waals surface area contributed by atoms with Crippen molar-refractivity contribution in [3.8, 4) is 0 Å². The molecule has 4 aliphatic heterocycles. The van der Waals surface area contributed by atoms with Crippen molar-refractivity contribution in [2.24, 2.45) is 69.5 Å². The molecule has 4 saturated heterocycles. The molecule has 12 aliphatic carbocycles. The summed E-state index contributed by atoms with van der Waals surface area (Å²) in [5.41, 5.74) is 0.680. The molecule has 13 nitrogen and oxygen atoms in total. The average molecular weight is 1840 g/mol. The first-order valence-electron chi connectivity index (χ1n) is 43.8. The van der Waals surface area contributed by atoms with Crippen LogP contribution >= 0.6 is 0 Å². The van der Waals surface area contributed by atoms with Gasteiger partial charge in [-0.3, -0.25) is 19.2 Å². The second-order valence-corrected chi connectivity index (χ2v) is 46.0. The maximum atomic E-state index is 13.8. The smallest absolute Gasteiger partial charge is 0.335 e. The zero-order chi connectivity index (χ0) is 91.1. The summed E-state index contributed by atoms with van der Waals surface area (Å²) < 4.78 is 235. The molecule has 5 aromatic carbocycles. The van der Waals surface area contributed by atoms with Crippen LogP contribution in [0.3, 0.4) is 0 Å². The monoisotopic (exact) mass is 1840 g/mol. The van der Waals surface area contributed by atoms with Gasteiger partial charge < -0.3 is 42.6 Å². The Labute approximate surface area is 738 Å². The van der Waals surface area contributed by atoms with Crippen molar-refractivity contribution < 1.29 is 123 Å². The highest BCUT2D eigenvalue weighted by Gasteiger charge is 2.73. The Balaban J connectivity index is 0.000000132. The highest BCUT2D eigenvalue weighted by Crippen LogP contribution is 2.69. The summed E-state index contributed by atoms with van der Waals surface area (Å²) in [5, 5.41) is 0. The molecule has 0 amide bonds. The molecule has 30 heteroatoms. The summed E-state index contributed by atoms with van der Waals surface area (Å²) in [7, 11) is 0.849. The van der Waals surface area contributed by atoms with Gasteiger partial charge in [0.2, 0.25) is 0 Å². The number of esters is 3. The number of rotatable bonds is 14. The predicted molar refractivity (Wildman–Crippen MR) is 451 cm³/mol. The van der Waals surface area contributed by atoms with Crippen LogP contribution in [-0.2, 0) is 105 Å². The Morgan fingerprint density at radius 3 is 0.873 bits per heavy atom. The zero-order valence-corrected chi connectivity index (χ0v) is 75.5. The summed E-state index contributed by atoms with van der Waals surface area (Å²) in [4.78, 5) is 56.5. The minimum absolute atomic E-state index is 0.0146. The molecule has 694 valence electrons. The van der Waals surface area contributed by atoms with E-state index in [0.717, 1.165) is 46.2 Å². The lowest BCUT2D eigenvalue weighted by molar-refractivity contribution is -0.346. The number of carbonyl (C=O) groups is 4. The molecule has 5 aromatic rings. The third kappa shape index (κ3) is 22.3. The molecule has 0 radical (unpaired) electrons. The Bertz CT molecular complexity index is 4120. The van der Waals surface area contributed by atoms with Crippen LogP contribution in [0, 0.1) is 69.5 Å². The number of ether oxygens (including phenoxy) is 9.